The molecule has 0 aliphatic heterocycles. The molecule has 31 N–H and O–H groups in total. The first-order valence-corrected chi connectivity index (χ1v) is 32.7. The van der Waals surface area contributed by atoms with E-state index in [1.807, 2.05) is 0 Å². The van der Waals surface area contributed by atoms with E-state index in [0.717, 1.165) is 0 Å². The zero-order chi connectivity index (χ0) is 91.0. The average molecular weight is 1700 g/mol. The van der Waals surface area contributed by atoms with Gasteiger partial charge < -0.3 is 177 Å². The topological polar surface area (TPSA) is 852 Å². The minimum absolute atomic E-state index is 0.223. The standard InChI is InChI=1S/C76H52O46/c77-31-1-21(2-32(78)53(31)99)51(97)67(113)73(63(109)23-5-35(81)55(101)36(82)6-23,119-69(115)27-13-43(89)59(105)44(90)14-27)75(65(111)25-9-39(85)57(103)40(86)10-25,121-71(117)29-17-47(93)61(107)48(94)18-29)76(66(112)26-11-41(87)58(104)42(88)12-26,122-72(118)30-19-49(95)62(108)50(96)20-30)74(64(110)24-7-37(83)56(102)38(84)8-24,120-70(116)28-15-45(91)60(106)46(92)16-28)68(114)52(98)22-3-33(79)54(100)34(80)4-22/h1-20,67,77-96,99-108,113H/t67?,73-,74+,75-,76-/m1/s1. The number of phenols is 30. The van der Waals surface area contributed by atoms with Crippen LogP contribution in [0.2, 0.25) is 0 Å². The van der Waals surface area contributed by atoms with Gasteiger partial charge >= 0.3 is 23.9 Å². The van der Waals surface area contributed by atoms with Crippen LogP contribution in [0, 0.1) is 0 Å². The van der Waals surface area contributed by atoms with Crippen molar-refractivity contribution < 1.29 is 230 Å². The van der Waals surface area contributed by atoms with E-state index in [2.05, 4.69) is 0 Å². The molecule has 46 heteroatoms. The van der Waals surface area contributed by atoms with Crippen LogP contribution >= 0.6 is 0 Å². The summed E-state index contributed by atoms with van der Waals surface area (Å²) in [5.74, 6) is -97.3. The number of phenolic OH excluding ortho intramolecular Hbond substituents is 30. The molecule has 1 unspecified atom stereocenters. The fourth-order valence-electron chi connectivity index (χ4n) is 12.3. The van der Waals surface area contributed by atoms with Crippen LogP contribution in [0.4, 0.5) is 0 Å². The van der Waals surface area contributed by atoms with E-state index in [1.165, 1.54) is 0 Å². The highest BCUT2D eigenvalue weighted by atomic mass is 16.7. The highest BCUT2D eigenvalue weighted by Gasteiger charge is 2.92. The van der Waals surface area contributed by atoms with Crippen molar-refractivity contribution in [2.24, 2.45) is 0 Å². The molecule has 0 saturated heterocycles. The van der Waals surface area contributed by atoms with Crippen molar-refractivity contribution in [2.75, 3.05) is 0 Å². The van der Waals surface area contributed by atoms with E-state index in [4.69, 9.17) is 18.9 Å². The molecule has 122 heavy (non-hydrogen) atoms. The number of hydrogen-bond acceptors (Lipinski definition) is 46. The minimum atomic E-state index is -7.20. The van der Waals surface area contributed by atoms with Gasteiger partial charge in [0.1, 0.15) is 0 Å². The second-order valence-corrected chi connectivity index (χ2v) is 25.7. The van der Waals surface area contributed by atoms with Gasteiger partial charge in [-0.05, 0) is 121 Å². The Hall–Kier alpha value is -18.3. The number of ether oxygens (including phenoxy) is 4. The number of aromatic hydroxyl groups is 30. The lowest BCUT2D eigenvalue weighted by atomic mass is 9.52. The number of ketones is 7. The lowest BCUT2D eigenvalue weighted by Crippen LogP contribution is -2.90. The third-order valence-corrected chi connectivity index (χ3v) is 18.2. The van der Waals surface area contributed by atoms with Crippen LogP contribution < -0.4 is 0 Å². The Kier molecular flexibility index (Phi) is 21.8. The molecule has 0 fully saturated rings. The van der Waals surface area contributed by atoms with Gasteiger partial charge in [0.15, 0.2) is 184 Å². The molecule has 10 aromatic carbocycles. The van der Waals surface area contributed by atoms with Gasteiger partial charge in [-0.15, -0.1) is 0 Å². The Bertz CT molecular complexity index is 6050. The fourth-order valence-corrected chi connectivity index (χ4v) is 12.3. The molecular weight excluding hydrogens is 1650 g/mol. The largest absolute Gasteiger partial charge is 0.504 e. The van der Waals surface area contributed by atoms with Gasteiger partial charge in [-0.1, -0.05) is 0 Å². The maximum absolute atomic E-state index is 18.8. The van der Waals surface area contributed by atoms with Crippen LogP contribution in [0.25, 0.3) is 0 Å². The summed E-state index contributed by atoms with van der Waals surface area (Å²) in [7, 11) is 0. The molecule has 0 spiro atoms. The van der Waals surface area contributed by atoms with Gasteiger partial charge in [-0.2, -0.15) is 0 Å². The second kappa shape index (κ2) is 30.8. The fraction of sp³-hybridized carbons (Fsp3) is 0.0658. The Balaban J connectivity index is 1.78. The van der Waals surface area contributed by atoms with E-state index < -0.39 is 370 Å². The highest BCUT2D eigenvalue weighted by Crippen LogP contribution is 2.61. The molecule has 46 nitrogen and oxygen atoms in total. The second-order valence-electron chi connectivity index (χ2n) is 25.7. The third-order valence-electron chi connectivity index (χ3n) is 18.2. The van der Waals surface area contributed by atoms with Gasteiger partial charge in [-0.3, -0.25) is 33.6 Å². The van der Waals surface area contributed by atoms with E-state index in [1.54, 1.807) is 0 Å². The number of Topliss-reactive ketones (excluding diaryl/α,β-unsaturated/α-hetero) is 7. The van der Waals surface area contributed by atoms with E-state index in [-0.39, 0.29) is 72.8 Å². The molecule has 0 radical (unpaired) electrons. The summed E-state index contributed by atoms with van der Waals surface area (Å²) < 4.78 is 23.9. The summed E-state index contributed by atoms with van der Waals surface area (Å²) in [4.78, 5) is 192. The quantitative estimate of drug-likeness (QED) is 0.00976. The minimum Gasteiger partial charge on any atom is -0.504 e. The lowest BCUT2D eigenvalue weighted by molar-refractivity contribution is -0.237. The number of esters is 4. The number of aliphatic hydroxyl groups excluding tert-OH is 1. The summed E-state index contributed by atoms with van der Waals surface area (Å²) in [6, 6.07) is -6.79. The van der Waals surface area contributed by atoms with Crippen molar-refractivity contribution in [2.45, 2.75) is 28.5 Å². The molecule has 632 valence electrons. The number of benzene rings is 10. The Labute approximate surface area is 670 Å². The first kappa shape index (κ1) is 86.1. The van der Waals surface area contributed by atoms with Crippen LogP contribution in [-0.4, -0.2) is 251 Å². The van der Waals surface area contributed by atoms with Crippen molar-refractivity contribution in [3.8, 4) is 172 Å². The van der Waals surface area contributed by atoms with Crippen LogP contribution in [-0.2, 0) is 23.7 Å². The third kappa shape index (κ3) is 13.9. The molecular formula is C76H52O46. The van der Waals surface area contributed by atoms with Crippen molar-refractivity contribution >= 4 is 64.4 Å². The molecule has 10 aromatic rings. The smallest absolute Gasteiger partial charge is 0.340 e. The number of aliphatic hydroxyl groups is 1. The molecule has 0 aromatic heterocycles. The van der Waals surface area contributed by atoms with E-state index in [0.29, 0.717) is 0 Å². The maximum Gasteiger partial charge on any atom is 0.340 e. The van der Waals surface area contributed by atoms with Crippen LogP contribution in [0.1, 0.15) is 104 Å². The number of hydrogen-bond donors (Lipinski definition) is 31. The summed E-state index contributed by atoms with van der Waals surface area (Å²) in [5, 5.41) is 352. The molecule has 0 aliphatic carbocycles. The predicted molar refractivity (Wildman–Crippen MR) is 384 cm³/mol. The first-order chi connectivity index (χ1) is 56.8. The van der Waals surface area contributed by atoms with Crippen molar-refractivity contribution in [3.05, 3.63) is 177 Å². The average Bonchev–Trinajstić information content (AvgIpc) is 0.650. The van der Waals surface area contributed by atoms with Crippen molar-refractivity contribution in [1.82, 2.24) is 0 Å². The number of carbonyl (C=O) groups excluding carboxylic acids is 11. The lowest BCUT2D eigenvalue weighted by Gasteiger charge is -2.58. The Morgan fingerprint density at radius 3 is 0.639 bits per heavy atom. The van der Waals surface area contributed by atoms with Gasteiger partial charge in [0.2, 0.25) is 28.9 Å². The van der Waals surface area contributed by atoms with E-state index >= 15 is 52.7 Å². The molecule has 0 bridgehead atoms. The predicted octanol–water partition coefficient (Wildman–Crippen LogP) is 2.77. The number of rotatable bonds is 25. The maximum atomic E-state index is 18.8. The molecule has 0 saturated carbocycles. The SMILES string of the molecule is O=C(O[C@](C(=O)C(=O)c1cc(O)c(O)c(O)c1)(C(=O)c1cc(O)c(O)c(O)c1)[C@](OC(=O)c1cc(O)c(O)c(O)c1)(C(=O)c1cc(O)c(O)c(O)c1)[C@@](OC(=O)c1cc(O)c(O)c(O)c1)(C(=O)c1cc(O)c(O)c(O)c1)[C@@](OC(=O)c1cc(O)c(O)c(O)c1)(C(=O)c1cc(O)c(O)c(O)c1)C(O)C(=O)c1cc(O)c(O)c(O)c1)c1cc(O)c(O)c(O)c1. The highest BCUT2D eigenvalue weighted by molar-refractivity contribution is 6.53. The molecule has 0 amide bonds. The van der Waals surface area contributed by atoms with Gasteiger partial charge in [0, 0.05) is 33.4 Å². The van der Waals surface area contributed by atoms with E-state index in [9.17, 15) is 158 Å². The van der Waals surface area contributed by atoms with Crippen molar-refractivity contribution in [3.63, 3.8) is 0 Å². The van der Waals surface area contributed by atoms with Gasteiger partial charge in [-0.25, -0.2) is 19.2 Å². The van der Waals surface area contributed by atoms with Crippen molar-refractivity contribution in [1.29, 1.82) is 0 Å². The molecule has 0 heterocycles. The number of carbonyl (C=O) groups is 11. The molecule has 5 atom stereocenters. The zero-order valence-electron chi connectivity index (χ0n) is 59.6. The summed E-state index contributed by atoms with van der Waals surface area (Å²) in [6.07, 6.45) is -5.29. The van der Waals surface area contributed by atoms with Gasteiger partial charge in [0.25, 0.3) is 28.2 Å². The van der Waals surface area contributed by atoms with Crippen LogP contribution in [0.15, 0.2) is 121 Å². The van der Waals surface area contributed by atoms with Gasteiger partial charge in [0.05, 0.1) is 22.3 Å². The summed E-state index contributed by atoms with van der Waals surface area (Å²) >= 11 is 0. The molecule has 0 aliphatic rings. The zero-order valence-corrected chi connectivity index (χ0v) is 59.6. The Morgan fingerprint density at radius 1 is 0.205 bits per heavy atom. The summed E-state index contributed by atoms with van der Waals surface area (Å²) in [6.45, 7) is 0. The normalized spacial score (nSPS) is 13.4. The van der Waals surface area contributed by atoms with Crippen LogP contribution in [0.5, 0.6) is 172 Å². The van der Waals surface area contributed by atoms with Crippen LogP contribution in [0.3, 0.4) is 0 Å². The summed E-state index contributed by atoms with van der Waals surface area (Å²) in [5.41, 5.74) is -50.0. The monoisotopic (exact) mass is 1700 g/mol. The first-order valence-electron chi connectivity index (χ1n) is 32.7. The molecule has 10 rings (SSSR count). The Morgan fingerprint density at radius 2 is 0.385 bits per heavy atom.